The molecule has 0 aliphatic heterocycles. The molecule has 0 fully saturated rings. The summed E-state index contributed by atoms with van der Waals surface area (Å²) < 4.78 is 6.27. The van der Waals surface area contributed by atoms with Crippen molar-refractivity contribution in [1.82, 2.24) is 4.98 Å². The molecule has 0 bridgehead atoms. The second kappa shape index (κ2) is 9.76. The SMILES string of the molecule is C#C/C=C(\C=C/C)c1oc2c(C(C)Nc3ccc(Cl)nc3C(=O)O)cc(C)cc2c(=O)c1C. The Hall–Kier alpha value is -3.82. The fourth-order valence-electron chi connectivity index (χ4n) is 3.65. The lowest BCUT2D eigenvalue weighted by molar-refractivity contribution is 0.0691. The van der Waals surface area contributed by atoms with Gasteiger partial charge in [0.25, 0.3) is 0 Å². The van der Waals surface area contributed by atoms with Crippen molar-refractivity contribution >= 4 is 39.8 Å². The molecule has 1 aromatic carbocycles. The van der Waals surface area contributed by atoms with Crippen molar-refractivity contribution in [1.29, 1.82) is 0 Å². The van der Waals surface area contributed by atoms with Gasteiger partial charge < -0.3 is 14.8 Å². The maximum absolute atomic E-state index is 13.2. The molecule has 1 unspecified atom stereocenters. The number of nitrogens with one attached hydrogen (secondary N) is 1. The number of aromatic carboxylic acids is 1. The van der Waals surface area contributed by atoms with E-state index < -0.39 is 12.0 Å². The van der Waals surface area contributed by atoms with Gasteiger partial charge in [0.1, 0.15) is 16.5 Å². The van der Waals surface area contributed by atoms with Crippen molar-refractivity contribution in [3.05, 3.63) is 86.0 Å². The van der Waals surface area contributed by atoms with Crippen LogP contribution in [-0.2, 0) is 0 Å². The molecule has 7 heteroatoms. The van der Waals surface area contributed by atoms with E-state index in [0.717, 1.165) is 5.56 Å². The molecule has 3 rings (SSSR count). The Morgan fingerprint density at radius 2 is 2.06 bits per heavy atom. The molecule has 0 saturated carbocycles. The molecule has 0 amide bonds. The van der Waals surface area contributed by atoms with E-state index in [1.165, 1.54) is 6.07 Å². The van der Waals surface area contributed by atoms with Gasteiger partial charge in [-0.15, -0.1) is 6.42 Å². The number of hydrogen-bond donors (Lipinski definition) is 2. The number of allylic oxidation sites excluding steroid dienone is 4. The first-order valence-electron chi connectivity index (χ1n) is 10.2. The summed E-state index contributed by atoms with van der Waals surface area (Å²) >= 11 is 5.87. The number of carboxylic acids is 1. The first-order chi connectivity index (χ1) is 15.7. The Morgan fingerprint density at radius 1 is 1.33 bits per heavy atom. The van der Waals surface area contributed by atoms with Crippen LogP contribution in [0.5, 0.6) is 0 Å². The smallest absolute Gasteiger partial charge is 0.356 e. The molecule has 2 N–H and O–H groups in total. The van der Waals surface area contributed by atoms with Crippen LogP contribution in [0.2, 0.25) is 5.15 Å². The van der Waals surface area contributed by atoms with Crippen LogP contribution < -0.4 is 10.7 Å². The second-order valence-electron chi connectivity index (χ2n) is 7.58. The number of rotatable bonds is 6. The summed E-state index contributed by atoms with van der Waals surface area (Å²) in [5.41, 5.74) is 2.96. The first-order valence-corrected chi connectivity index (χ1v) is 10.6. The zero-order valence-electron chi connectivity index (χ0n) is 18.7. The summed E-state index contributed by atoms with van der Waals surface area (Å²) in [5, 5.41) is 13.2. The van der Waals surface area contributed by atoms with E-state index in [-0.39, 0.29) is 16.3 Å². The van der Waals surface area contributed by atoms with Gasteiger partial charge in [-0.25, -0.2) is 9.78 Å². The van der Waals surface area contributed by atoms with Crippen molar-refractivity contribution in [2.24, 2.45) is 0 Å². The van der Waals surface area contributed by atoms with Crippen LogP contribution in [0.3, 0.4) is 0 Å². The van der Waals surface area contributed by atoms with Gasteiger partial charge in [0.05, 0.1) is 17.1 Å². The highest BCUT2D eigenvalue weighted by Gasteiger charge is 2.21. The number of carboxylic acid groups (broad SMARTS) is 1. The molecule has 2 aromatic heterocycles. The van der Waals surface area contributed by atoms with Gasteiger partial charge >= 0.3 is 5.97 Å². The van der Waals surface area contributed by atoms with Crippen LogP contribution in [0, 0.1) is 26.2 Å². The molecule has 2 heterocycles. The van der Waals surface area contributed by atoms with E-state index in [4.69, 9.17) is 22.4 Å². The van der Waals surface area contributed by atoms with Gasteiger partial charge in [-0.05, 0) is 57.5 Å². The fraction of sp³-hybridized carbons (Fsp3) is 0.192. The Balaban J connectivity index is 2.23. The van der Waals surface area contributed by atoms with E-state index in [2.05, 4.69) is 16.2 Å². The van der Waals surface area contributed by atoms with Gasteiger partial charge in [-0.2, -0.15) is 0 Å². The molecule has 3 aromatic rings. The average molecular weight is 463 g/mol. The Labute approximate surface area is 196 Å². The van der Waals surface area contributed by atoms with E-state index >= 15 is 0 Å². The number of nitrogens with zero attached hydrogens (tertiary/aromatic N) is 1. The number of anilines is 1. The molecule has 0 spiro atoms. The number of benzene rings is 1. The van der Waals surface area contributed by atoms with E-state index in [1.54, 1.807) is 31.2 Å². The maximum atomic E-state index is 13.2. The third-order valence-corrected chi connectivity index (χ3v) is 5.35. The molecule has 168 valence electrons. The molecule has 0 aliphatic rings. The highest BCUT2D eigenvalue weighted by molar-refractivity contribution is 6.29. The lowest BCUT2D eigenvalue weighted by Crippen LogP contribution is -2.15. The van der Waals surface area contributed by atoms with Crippen LogP contribution in [-0.4, -0.2) is 16.1 Å². The van der Waals surface area contributed by atoms with Crippen LogP contribution >= 0.6 is 11.6 Å². The molecule has 33 heavy (non-hydrogen) atoms. The normalized spacial score (nSPS) is 12.7. The largest absolute Gasteiger partial charge is 0.476 e. The molecule has 0 saturated heterocycles. The maximum Gasteiger partial charge on any atom is 0.356 e. The highest BCUT2D eigenvalue weighted by atomic mass is 35.5. The summed E-state index contributed by atoms with van der Waals surface area (Å²) in [6, 6.07) is 6.31. The fourth-order valence-corrected chi connectivity index (χ4v) is 3.80. The number of halogens is 1. The van der Waals surface area contributed by atoms with Gasteiger partial charge in [-0.3, -0.25) is 4.79 Å². The zero-order chi connectivity index (χ0) is 24.3. The molecule has 1 atom stereocenters. The summed E-state index contributed by atoms with van der Waals surface area (Å²) in [5.74, 6) is 1.67. The van der Waals surface area contributed by atoms with Crippen LogP contribution in [0.4, 0.5) is 5.69 Å². The van der Waals surface area contributed by atoms with E-state index in [9.17, 15) is 14.7 Å². The number of fused-ring (bicyclic) bond motifs is 1. The van der Waals surface area contributed by atoms with Crippen molar-refractivity contribution in [2.45, 2.75) is 33.7 Å². The third-order valence-electron chi connectivity index (χ3n) is 5.14. The summed E-state index contributed by atoms with van der Waals surface area (Å²) in [6.45, 7) is 7.28. The molecule has 6 nitrogen and oxygen atoms in total. The first kappa shape index (κ1) is 23.8. The Bertz CT molecular complexity index is 1410. The summed E-state index contributed by atoms with van der Waals surface area (Å²) in [7, 11) is 0. The molecular formula is C26H23ClN2O4. The quantitative estimate of drug-likeness (QED) is 0.268. The Kier molecular flexibility index (Phi) is 7.05. The average Bonchev–Trinajstić information content (AvgIpc) is 2.77. The zero-order valence-corrected chi connectivity index (χ0v) is 19.4. The monoisotopic (exact) mass is 462 g/mol. The Morgan fingerprint density at radius 3 is 2.70 bits per heavy atom. The van der Waals surface area contributed by atoms with Gasteiger partial charge in [0.2, 0.25) is 0 Å². The number of hydrogen-bond acceptors (Lipinski definition) is 5. The van der Waals surface area contributed by atoms with Gasteiger partial charge in [0, 0.05) is 16.7 Å². The topological polar surface area (TPSA) is 92.4 Å². The van der Waals surface area contributed by atoms with Crippen molar-refractivity contribution in [3.63, 3.8) is 0 Å². The summed E-state index contributed by atoms with van der Waals surface area (Å²) in [4.78, 5) is 28.8. The predicted molar refractivity (Wildman–Crippen MR) is 132 cm³/mol. The highest BCUT2D eigenvalue weighted by Crippen LogP contribution is 2.31. The van der Waals surface area contributed by atoms with Crippen molar-refractivity contribution < 1.29 is 14.3 Å². The minimum Gasteiger partial charge on any atom is -0.476 e. The minimum absolute atomic E-state index is 0.0783. The van der Waals surface area contributed by atoms with E-state index in [0.29, 0.717) is 39.1 Å². The number of terminal acetylenes is 1. The number of carbonyl (C=O) groups is 1. The van der Waals surface area contributed by atoms with Crippen LogP contribution in [0.1, 0.15) is 52.8 Å². The van der Waals surface area contributed by atoms with E-state index in [1.807, 2.05) is 32.9 Å². The van der Waals surface area contributed by atoms with Gasteiger partial charge in [-0.1, -0.05) is 35.7 Å². The number of aromatic nitrogens is 1. The van der Waals surface area contributed by atoms with Gasteiger partial charge in [0.15, 0.2) is 11.1 Å². The lowest BCUT2D eigenvalue weighted by atomic mass is 9.98. The molecule has 0 radical (unpaired) electrons. The van der Waals surface area contributed by atoms with Crippen molar-refractivity contribution in [3.8, 4) is 12.3 Å². The number of aryl methyl sites for hydroxylation is 1. The van der Waals surface area contributed by atoms with Crippen LogP contribution in [0.15, 0.2) is 51.7 Å². The molecular weight excluding hydrogens is 440 g/mol. The standard InChI is InChI=1S/C26H23ClN2O4/c1-6-8-17(9-7-2)24-15(4)23(30)19-13-14(3)12-18(25(19)33-24)16(5)28-20-10-11-21(27)29-22(20)26(31)32/h1,7-13,16,28H,2-5H3,(H,31,32)/b9-7-,17-8+. The predicted octanol–water partition coefficient (Wildman–Crippen LogP) is 5.92. The third kappa shape index (κ3) is 4.84. The minimum atomic E-state index is -1.21. The lowest BCUT2D eigenvalue weighted by Gasteiger charge is -2.19. The molecule has 0 aliphatic carbocycles. The van der Waals surface area contributed by atoms with Crippen LogP contribution in [0.25, 0.3) is 16.5 Å². The van der Waals surface area contributed by atoms with Crippen molar-refractivity contribution in [2.75, 3.05) is 5.32 Å². The number of pyridine rings is 1. The summed E-state index contributed by atoms with van der Waals surface area (Å²) in [6.07, 6.45) is 10.6. The second-order valence-corrected chi connectivity index (χ2v) is 7.97.